The van der Waals surface area contributed by atoms with Crippen LogP contribution in [-0.2, 0) is 0 Å². The maximum absolute atomic E-state index is 12.8. The van der Waals surface area contributed by atoms with Crippen molar-refractivity contribution in [2.45, 2.75) is 19.8 Å². The summed E-state index contributed by atoms with van der Waals surface area (Å²) in [5.74, 6) is 0.909. The van der Waals surface area contributed by atoms with Crippen LogP contribution in [0.25, 0.3) is 0 Å². The van der Waals surface area contributed by atoms with Gasteiger partial charge in [0.05, 0.1) is 18.1 Å². The van der Waals surface area contributed by atoms with E-state index in [1.165, 1.54) is 19.1 Å². The van der Waals surface area contributed by atoms with Gasteiger partial charge in [-0.1, -0.05) is 6.92 Å². The minimum absolute atomic E-state index is 0.0797. The molecule has 2 saturated heterocycles. The second kappa shape index (κ2) is 8.04. The standard InChI is InChI=1S/C21H26N4O3/c1-16-6-8-23(9-7-16)17-4-5-18(22-15-17)20(26)24-10-12-25(13-11-24)21(27)19-3-2-14-28-19/h2-5,14-16H,6-13H2,1H3. The van der Waals surface area contributed by atoms with E-state index in [1.54, 1.807) is 28.1 Å². The van der Waals surface area contributed by atoms with E-state index in [-0.39, 0.29) is 11.8 Å². The average Bonchev–Trinajstić information content (AvgIpc) is 3.28. The number of anilines is 1. The van der Waals surface area contributed by atoms with E-state index in [9.17, 15) is 9.59 Å². The van der Waals surface area contributed by atoms with Gasteiger partial charge in [-0.05, 0) is 43.0 Å². The Labute approximate surface area is 164 Å². The van der Waals surface area contributed by atoms with Crippen LogP contribution < -0.4 is 4.90 Å². The smallest absolute Gasteiger partial charge is 0.289 e. The Hall–Kier alpha value is -2.83. The maximum atomic E-state index is 12.8. The molecular formula is C21H26N4O3. The van der Waals surface area contributed by atoms with Gasteiger partial charge in [0.15, 0.2) is 5.76 Å². The van der Waals surface area contributed by atoms with Crippen LogP contribution >= 0.6 is 0 Å². The number of furan rings is 1. The number of amides is 2. The van der Waals surface area contributed by atoms with Crippen molar-refractivity contribution in [3.05, 3.63) is 48.2 Å². The second-order valence-corrected chi connectivity index (χ2v) is 7.63. The van der Waals surface area contributed by atoms with Crippen molar-refractivity contribution in [3.63, 3.8) is 0 Å². The van der Waals surface area contributed by atoms with E-state index in [0.717, 1.165) is 24.7 Å². The third kappa shape index (κ3) is 3.88. The first-order chi connectivity index (χ1) is 13.6. The second-order valence-electron chi connectivity index (χ2n) is 7.63. The summed E-state index contributed by atoms with van der Waals surface area (Å²) in [7, 11) is 0. The molecule has 0 radical (unpaired) electrons. The Morgan fingerprint density at radius 2 is 1.64 bits per heavy atom. The molecular weight excluding hydrogens is 356 g/mol. The van der Waals surface area contributed by atoms with Crippen molar-refractivity contribution in [2.24, 2.45) is 5.92 Å². The van der Waals surface area contributed by atoms with Crippen molar-refractivity contribution in [2.75, 3.05) is 44.2 Å². The summed E-state index contributed by atoms with van der Waals surface area (Å²) >= 11 is 0. The van der Waals surface area contributed by atoms with Crippen molar-refractivity contribution in [3.8, 4) is 0 Å². The van der Waals surface area contributed by atoms with Crippen LogP contribution in [0.15, 0.2) is 41.1 Å². The van der Waals surface area contributed by atoms with Crippen LogP contribution in [0, 0.1) is 5.92 Å². The molecule has 0 unspecified atom stereocenters. The largest absolute Gasteiger partial charge is 0.459 e. The minimum atomic E-state index is -0.129. The molecule has 4 heterocycles. The van der Waals surface area contributed by atoms with Crippen LogP contribution in [0.2, 0.25) is 0 Å². The zero-order valence-corrected chi connectivity index (χ0v) is 16.2. The number of rotatable bonds is 3. The third-order valence-electron chi connectivity index (χ3n) is 5.70. The molecule has 148 valence electrons. The number of hydrogen-bond acceptors (Lipinski definition) is 5. The highest BCUT2D eigenvalue weighted by Gasteiger charge is 2.27. The molecule has 28 heavy (non-hydrogen) atoms. The Morgan fingerprint density at radius 1 is 0.964 bits per heavy atom. The Balaban J connectivity index is 1.33. The molecule has 0 N–H and O–H groups in total. The summed E-state index contributed by atoms with van der Waals surface area (Å²) in [6.45, 7) is 6.37. The minimum Gasteiger partial charge on any atom is -0.459 e. The van der Waals surface area contributed by atoms with E-state index < -0.39 is 0 Å². The fourth-order valence-electron chi connectivity index (χ4n) is 3.80. The van der Waals surface area contributed by atoms with Gasteiger partial charge in [0, 0.05) is 39.3 Å². The lowest BCUT2D eigenvalue weighted by atomic mass is 9.99. The van der Waals surface area contributed by atoms with Crippen LogP contribution in [-0.4, -0.2) is 65.9 Å². The van der Waals surface area contributed by atoms with Crippen LogP contribution in [0.1, 0.15) is 40.8 Å². The predicted molar refractivity (Wildman–Crippen MR) is 105 cm³/mol. The SMILES string of the molecule is CC1CCN(c2ccc(C(=O)N3CCN(C(=O)c4ccco4)CC3)nc2)CC1. The van der Waals surface area contributed by atoms with Crippen molar-refractivity contribution >= 4 is 17.5 Å². The van der Waals surface area contributed by atoms with Crippen LogP contribution in [0.3, 0.4) is 0 Å². The van der Waals surface area contributed by atoms with Crippen LogP contribution in [0.4, 0.5) is 5.69 Å². The molecule has 2 aliphatic rings. The predicted octanol–water partition coefficient (Wildman–Crippen LogP) is 2.51. The number of hydrogen-bond donors (Lipinski definition) is 0. The highest BCUT2D eigenvalue weighted by Crippen LogP contribution is 2.22. The lowest BCUT2D eigenvalue weighted by Crippen LogP contribution is -2.50. The van der Waals surface area contributed by atoms with Gasteiger partial charge in [0.2, 0.25) is 0 Å². The molecule has 2 aromatic heterocycles. The summed E-state index contributed by atoms with van der Waals surface area (Å²) in [6.07, 6.45) is 5.69. The van der Waals surface area contributed by atoms with Gasteiger partial charge in [-0.15, -0.1) is 0 Å². The highest BCUT2D eigenvalue weighted by molar-refractivity contribution is 5.93. The fourth-order valence-corrected chi connectivity index (χ4v) is 3.80. The van der Waals surface area contributed by atoms with Crippen molar-refractivity contribution < 1.29 is 14.0 Å². The first-order valence-corrected chi connectivity index (χ1v) is 9.95. The van der Waals surface area contributed by atoms with E-state index in [1.807, 2.05) is 12.1 Å². The molecule has 0 spiro atoms. The zero-order valence-electron chi connectivity index (χ0n) is 16.2. The first-order valence-electron chi connectivity index (χ1n) is 9.95. The average molecular weight is 382 g/mol. The van der Waals surface area contributed by atoms with Gasteiger partial charge in [0.1, 0.15) is 5.69 Å². The number of aromatic nitrogens is 1. The number of piperidine rings is 1. The van der Waals surface area contributed by atoms with Crippen LogP contribution in [0.5, 0.6) is 0 Å². The third-order valence-corrected chi connectivity index (χ3v) is 5.70. The molecule has 2 amide bonds. The number of carbonyl (C=O) groups excluding carboxylic acids is 2. The lowest BCUT2D eigenvalue weighted by Gasteiger charge is -2.34. The molecule has 0 aromatic carbocycles. The molecule has 0 atom stereocenters. The summed E-state index contributed by atoms with van der Waals surface area (Å²) in [6, 6.07) is 7.17. The Bertz CT molecular complexity index is 803. The maximum Gasteiger partial charge on any atom is 0.289 e. The molecule has 0 bridgehead atoms. The van der Waals surface area contributed by atoms with Gasteiger partial charge < -0.3 is 19.1 Å². The summed E-state index contributed by atoms with van der Waals surface area (Å²) in [4.78, 5) is 35.3. The van der Waals surface area contributed by atoms with E-state index in [2.05, 4.69) is 16.8 Å². The van der Waals surface area contributed by atoms with Gasteiger partial charge in [-0.2, -0.15) is 0 Å². The number of piperazine rings is 1. The summed E-state index contributed by atoms with van der Waals surface area (Å²) in [5, 5.41) is 0. The van der Waals surface area contributed by atoms with E-state index in [0.29, 0.717) is 37.6 Å². The molecule has 4 rings (SSSR count). The highest BCUT2D eigenvalue weighted by atomic mass is 16.3. The fraction of sp³-hybridized carbons (Fsp3) is 0.476. The lowest BCUT2D eigenvalue weighted by molar-refractivity contribution is 0.0515. The van der Waals surface area contributed by atoms with Gasteiger partial charge >= 0.3 is 0 Å². The topological polar surface area (TPSA) is 69.9 Å². The normalized spacial score (nSPS) is 18.4. The quantitative estimate of drug-likeness (QED) is 0.816. The van der Waals surface area contributed by atoms with E-state index >= 15 is 0 Å². The van der Waals surface area contributed by atoms with Crippen molar-refractivity contribution in [1.82, 2.24) is 14.8 Å². The molecule has 2 aliphatic heterocycles. The summed E-state index contributed by atoms with van der Waals surface area (Å²) in [5.41, 5.74) is 1.54. The van der Waals surface area contributed by atoms with Gasteiger partial charge in [-0.3, -0.25) is 9.59 Å². The number of pyridine rings is 1. The van der Waals surface area contributed by atoms with Crippen molar-refractivity contribution in [1.29, 1.82) is 0 Å². The number of nitrogens with zero attached hydrogens (tertiary/aromatic N) is 4. The molecule has 0 saturated carbocycles. The molecule has 7 heteroatoms. The Kier molecular flexibility index (Phi) is 5.32. The number of carbonyl (C=O) groups is 2. The molecule has 0 aliphatic carbocycles. The first kappa shape index (κ1) is 18.5. The van der Waals surface area contributed by atoms with E-state index in [4.69, 9.17) is 4.42 Å². The molecule has 2 fully saturated rings. The molecule has 7 nitrogen and oxygen atoms in total. The Morgan fingerprint density at radius 3 is 2.21 bits per heavy atom. The zero-order chi connectivity index (χ0) is 19.5. The molecule has 2 aromatic rings. The summed E-state index contributed by atoms with van der Waals surface area (Å²) < 4.78 is 5.17. The van der Waals surface area contributed by atoms with Gasteiger partial charge in [-0.25, -0.2) is 4.98 Å². The monoisotopic (exact) mass is 382 g/mol. The van der Waals surface area contributed by atoms with Gasteiger partial charge in [0.25, 0.3) is 11.8 Å².